The third-order valence-corrected chi connectivity index (χ3v) is 5.40. The number of amides is 1. The molecule has 2 aromatic rings. The van der Waals surface area contributed by atoms with E-state index in [2.05, 4.69) is 10.2 Å². The quantitative estimate of drug-likeness (QED) is 0.652. The van der Waals surface area contributed by atoms with Gasteiger partial charge < -0.3 is 20.3 Å². The molecule has 0 spiro atoms. The van der Waals surface area contributed by atoms with Crippen LogP contribution in [0, 0.1) is 0 Å². The summed E-state index contributed by atoms with van der Waals surface area (Å²) in [5.74, 6) is 0.694. The van der Waals surface area contributed by atoms with Crippen LogP contribution < -0.4 is 10.1 Å². The number of hydrogen-bond acceptors (Lipinski definition) is 4. The summed E-state index contributed by atoms with van der Waals surface area (Å²) >= 11 is 0. The van der Waals surface area contributed by atoms with Gasteiger partial charge in [-0.25, -0.2) is 4.79 Å². The minimum atomic E-state index is -1.13. The largest absolute Gasteiger partial charge is 0.497 e. The molecule has 1 unspecified atom stereocenters. The van der Waals surface area contributed by atoms with Crippen molar-refractivity contribution in [3.8, 4) is 5.75 Å². The first-order valence-electron chi connectivity index (χ1n) is 9.68. The molecule has 0 aromatic heterocycles. The Balaban J connectivity index is 1.90. The van der Waals surface area contributed by atoms with Crippen LogP contribution in [0.15, 0.2) is 54.6 Å². The van der Waals surface area contributed by atoms with Gasteiger partial charge in [0.25, 0.3) is 0 Å². The second kappa shape index (κ2) is 9.57. The lowest BCUT2D eigenvalue weighted by Gasteiger charge is -2.37. The van der Waals surface area contributed by atoms with Crippen molar-refractivity contribution < 1.29 is 19.7 Å². The molecule has 3 atom stereocenters. The van der Waals surface area contributed by atoms with Gasteiger partial charge in [-0.05, 0) is 55.6 Å². The van der Waals surface area contributed by atoms with E-state index in [-0.39, 0.29) is 6.04 Å². The maximum absolute atomic E-state index is 11.6. The lowest BCUT2D eigenvalue weighted by molar-refractivity contribution is 0.0668. The number of ether oxygens (including phenoxy) is 1. The number of nitrogens with one attached hydrogen (secondary N) is 1. The highest BCUT2D eigenvalue weighted by Gasteiger charge is 2.36. The molecule has 1 aliphatic rings. The number of carboxylic acid groups (broad SMARTS) is 1. The van der Waals surface area contributed by atoms with Crippen LogP contribution in [0.25, 0.3) is 0 Å². The Bertz CT molecular complexity index is 745. The van der Waals surface area contributed by atoms with Crippen LogP contribution in [-0.4, -0.2) is 53.5 Å². The molecule has 1 aliphatic heterocycles. The molecule has 150 valence electrons. The lowest BCUT2D eigenvalue weighted by atomic mass is 9.90. The van der Waals surface area contributed by atoms with Gasteiger partial charge in [0.15, 0.2) is 0 Å². The molecule has 1 amide bonds. The predicted octanol–water partition coefficient (Wildman–Crippen LogP) is 3.07. The number of rotatable bonds is 8. The summed E-state index contributed by atoms with van der Waals surface area (Å²) in [5.41, 5.74) is 1.79. The molecular weight excluding hydrogens is 356 g/mol. The van der Waals surface area contributed by atoms with Gasteiger partial charge in [-0.15, -0.1) is 0 Å². The lowest BCUT2D eigenvalue weighted by Crippen LogP contribution is -2.54. The SMILES string of the molecule is COc1ccc([C@H](O)[C@H](NC(=O)O)C(Cc2ccccc2)N2CCCC2)cc1. The molecule has 6 nitrogen and oxygen atoms in total. The molecule has 1 heterocycles. The second-order valence-corrected chi connectivity index (χ2v) is 7.19. The molecule has 3 rings (SSSR count). The fourth-order valence-corrected chi connectivity index (χ4v) is 3.95. The third-order valence-electron chi connectivity index (χ3n) is 5.40. The zero-order chi connectivity index (χ0) is 19.9. The van der Waals surface area contributed by atoms with Gasteiger partial charge >= 0.3 is 6.09 Å². The Morgan fingerprint density at radius 3 is 2.32 bits per heavy atom. The molecule has 0 bridgehead atoms. The van der Waals surface area contributed by atoms with Crippen molar-refractivity contribution in [3.05, 3.63) is 65.7 Å². The van der Waals surface area contributed by atoms with Crippen LogP contribution in [0.1, 0.15) is 30.1 Å². The fourth-order valence-electron chi connectivity index (χ4n) is 3.95. The van der Waals surface area contributed by atoms with Crippen molar-refractivity contribution in [2.24, 2.45) is 0 Å². The zero-order valence-electron chi connectivity index (χ0n) is 16.1. The number of nitrogens with zero attached hydrogens (tertiary/aromatic N) is 1. The number of carbonyl (C=O) groups is 1. The van der Waals surface area contributed by atoms with E-state index < -0.39 is 18.2 Å². The molecule has 28 heavy (non-hydrogen) atoms. The summed E-state index contributed by atoms with van der Waals surface area (Å²) in [5, 5.41) is 23.2. The first-order valence-corrected chi connectivity index (χ1v) is 9.68. The topological polar surface area (TPSA) is 82.0 Å². The van der Waals surface area contributed by atoms with Gasteiger partial charge in [0.2, 0.25) is 0 Å². The Morgan fingerprint density at radius 2 is 1.75 bits per heavy atom. The van der Waals surface area contributed by atoms with Crippen LogP contribution in [0.2, 0.25) is 0 Å². The Hall–Kier alpha value is -2.57. The van der Waals surface area contributed by atoms with E-state index in [0.29, 0.717) is 17.7 Å². The molecule has 0 radical (unpaired) electrons. The van der Waals surface area contributed by atoms with Crippen molar-refractivity contribution in [1.82, 2.24) is 10.2 Å². The number of benzene rings is 2. The minimum Gasteiger partial charge on any atom is -0.497 e. The summed E-state index contributed by atoms with van der Waals surface area (Å²) < 4.78 is 5.18. The first kappa shape index (κ1) is 20.2. The van der Waals surface area contributed by atoms with Gasteiger partial charge in [0.1, 0.15) is 11.9 Å². The number of aliphatic hydroxyl groups is 1. The zero-order valence-corrected chi connectivity index (χ0v) is 16.1. The number of hydrogen-bond donors (Lipinski definition) is 3. The monoisotopic (exact) mass is 384 g/mol. The molecule has 3 N–H and O–H groups in total. The third kappa shape index (κ3) is 5.03. The molecular formula is C22H28N2O4. The van der Waals surface area contributed by atoms with E-state index in [1.165, 1.54) is 0 Å². The Morgan fingerprint density at radius 1 is 1.11 bits per heavy atom. The van der Waals surface area contributed by atoms with Gasteiger partial charge in [-0.2, -0.15) is 0 Å². The molecule has 1 saturated heterocycles. The Labute approximate surface area is 165 Å². The second-order valence-electron chi connectivity index (χ2n) is 7.19. The van der Waals surface area contributed by atoms with Crippen LogP contribution in [0.5, 0.6) is 5.75 Å². The van der Waals surface area contributed by atoms with Crippen LogP contribution in [0.4, 0.5) is 4.79 Å². The minimum absolute atomic E-state index is 0.141. The summed E-state index contributed by atoms with van der Waals surface area (Å²) in [4.78, 5) is 13.8. The summed E-state index contributed by atoms with van der Waals surface area (Å²) in [6, 6.07) is 16.3. The summed E-state index contributed by atoms with van der Waals surface area (Å²) in [6.45, 7) is 1.81. The maximum atomic E-state index is 11.6. The van der Waals surface area contributed by atoms with Gasteiger partial charge in [-0.3, -0.25) is 4.90 Å². The van der Waals surface area contributed by atoms with E-state index in [9.17, 15) is 15.0 Å². The van der Waals surface area contributed by atoms with Crippen LogP contribution in [-0.2, 0) is 6.42 Å². The van der Waals surface area contributed by atoms with Crippen LogP contribution >= 0.6 is 0 Å². The highest BCUT2D eigenvalue weighted by Crippen LogP contribution is 2.27. The van der Waals surface area contributed by atoms with Crippen molar-refractivity contribution in [1.29, 1.82) is 0 Å². The van der Waals surface area contributed by atoms with Crippen molar-refractivity contribution >= 4 is 6.09 Å². The predicted molar refractivity (Wildman–Crippen MR) is 108 cm³/mol. The van der Waals surface area contributed by atoms with E-state index in [0.717, 1.165) is 31.5 Å². The van der Waals surface area contributed by atoms with E-state index in [1.807, 2.05) is 30.3 Å². The van der Waals surface area contributed by atoms with E-state index in [1.54, 1.807) is 31.4 Å². The standard InChI is InChI=1S/C22H28N2O4/c1-28-18-11-9-17(10-12-18)21(25)20(23-22(26)27)19(24-13-5-6-14-24)15-16-7-3-2-4-8-16/h2-4,7-12,19-21,23,25H,5-6,13-15H2,1H3,(H,26,27)/t19?,20-,21+/m1/s1. The normalized spacial score (nSPS) is 17.6. The highest BCUT2D eigenvalue weighted by molar-refractivity contribution is 5.65. The summed E-state index contributed by atoms with van der Waals surface area (Å²) in [7, 11) is 1.59. The van der Waals surface area contributed by atoms with E-state index >= 15 is 0 Å². The summed E-state index contributed by atoms with van der Waals surface area (Å²) in [6.07, 6.45) is 0.748. The van der Waals surface area contributed by atoms with Gasteiger partial charge in [0, 0.05) is 6.04 Å². The number of methoxy groups -OCH3 is 1. The number of aliphatic hydroxyl groups excluding tert-OH is 1. The number of likely N-dealkylation sites (tertiary alicyclic amines) is 1. The molecule has 0 saturated carbocycles. The van der Waals surface area contributed by atoms with E-state index in [4.69, 9.17) is 4.74 Å². The highest BCUT2D eigenvalue weighted by atomic mass is 16.5. The maximum Gasteiger partial charge on any atom is 0.405 e. The van der Waals surface area contributed by atoms with Crippen molar-refractivity contribution in [2.75, 3.05) is 20.2 Å². The Kier molecular flexibility index (Phi) is 6.90. The molecule has 2 aromatic carbocycles. The smallest absolute Gasteiger partial charge is 0.405 e. The van der Waals surface area contributed by atoms with Crippen molar-refractivity contribution in [2.45, 2.75) is 37.5 Å². The van der Waals surface area contributed by atoms with Crippen molar-refractivity contribution in [3.63, 3.8) is 0 Å². The molecule has 6 heteroatoms. The molecule has 1 fully saturated rings. The van der Waals surface area contributed by atoms with Gasteiger partial charge in [0.05, 0.1) is 13.2 Å². The average Bonchev–Trinajstić information content (AvgIpc) is 3.25. The average molecular weight is 384 g/mol. The fraction of sp³-hybridized carbons (Fsp3) is 0.409. The molecule has 0 aliphatic carbocycles. The van der Waals surface area contributed by atoms with Gasteiger partial charge in [-0.1, -0.05) is 42.5 Å². The first-order chi connectivity index (χ1) is 13.6. The van der Waals surface area contributed by atoms with Crippen LogP contribution in [0.3, 0.4) is 0 Å².